The van der Waals surface area contributed by atoms with Crippen molar-refractivity contribution in [1.82, 2.24) is 20.2 Å². The van der Waals surface area contributed by atoms with E-state index < -0.39 is 11.4 Å². The van der Waals surface area contributed by atoms with Gasteiger partial charge in [-0.3, -0.25) is 4.79 Å². The molecule has 118 valence electrons. The minimum Gasteiger partial charge on any atom is -0.481 e. The first-order valence-corrected chi connectivity index (χ1v) is 8.16. The normalized spacial score (nSPS) is 17.8. The van der Waals surface area contributed by atoms with E-state index in [2.05, 4.69) is 22.4 Å². The highest BCUT2D eigenvalue weighted by Gasteiger charge is 2.40. The summed E-state index contributed by atoms with van der Waals surface area (Å²) in [6, 6.07) is 0. The van der Waals surface area contributed by atoms with Crippen LogP contribution >= 0.6 is 0 Å². The second-order valence-corrected chi connectivity index (χ2v) is 6.21. The Morgan fingerprint density at radius 2 is 2.00 bits per heavy atom. The zero-order chi connectivity index (χ0) is 15.1. The molecule has 0 amide bonds. The Labute approximate surface area is 125 Å². The van der Waals surface area contributed by atoms with Gasteiger partial charge in [0.2, 0.25) is 0 Å². The first kappa shape index (κ1) is 15.9. The number of aromatic nitrogens is 4. The molecule has 1 aliphatic carbocycles. The molecule has 1 N–H and O–H groups in total. The number of tetrazole rings is 1. The van der Waals surface area contributed by atoms with Gasteiger partial charge in [0.15, 0.2) is 5.82 Å². The second kappa shape index (κ2) is 7.52. The molecule has 0 bridgehead atoms. The van der Waals surface area contributed by atoms with Gasteiger partial charge in [0, 0.05) is 6.42 Å². The Bertz CT molecular complexity index is 452. The lowest BCUT2D eigenvalue weighted by Crippen LogP contribution is -2.38. The van der Waals surface area contributed by atoms with Crippen LogP contribution in [0.4, 0.5) is 0 Å². The molecule has 6 heteroatoms. The molecule has 1 fully saturated rings. The van der Waals surface area contributed by atoms with Crippen LogP contribution in [-0.2, 0) is 17.8 Å². The lowest BCUT2D eigenvalue weighted by atomic mass is 9.74. The molecule has 1 aromatic heterocycles. The Kier molecular flexibility index (Phi) is 5.70. The lowest BCUT2D eigenvalue weighted by molar-refractivity contribution is -0.152. The van der Waals surface area contributed by atoms with Crippen LogP contribution < -0.4 is 0 Å². The summed E-state index contributed by atoms with van der Waals surface area (Å²) in [5, 5.41) is 21.5. The Morgan fingerprint density at radius 3 is 2.67 bits per heavy atom. The van der Waals surface area contributed by atoms with Gasteiger partial charge in [-0.15, -0.1) is 5.10 Å². The predicted octanol–water partition coefficient (Wildman–Crippen LogP) is 2.83. The van der Waals surface area contributed by atoms with E-state index in [0.717, 1.165) is 50.8 Å². The molecule has 6 nitrogen and oxygen atoms in total. The fourth-order valence-corrected chi connectivity index (χ4v) is 3.19. The maximum atomic E-state index is 11.7. The molecule has 1 aliphatic rings. The molecule has 0 saturated heterocycles. The summed E-state index contributed by atoms with van der Waals surface area (Å²) in [4.78, 5) is 11.7. The standard InChI is InChI=1S/C15H26N4O2/c1-2-3-4-6-9-13-16-17-18-19(13)12-15(14(20)21)10-7-5-8-11-15/h2-12H2,1H3,(H,20,21). The Balaban J connectivity index is 2.01. The van der Waals surface area contributed by atoms with Crippen molar-refractivity contribution < 1.29 is 9.90 Å². The molecule has 0 aliphatic heterocycles. The van der Waals surface area contributed by atoms with Crippen molar-refractivity contribution in [1.29, 1.82) is 0 Å². The molecule has 0 unspecified atom stereocenters. The molecule has 0 atom stereocenters. The zero-order valence-corrected chi connectivity index (χ0v) is 12.9. The zero-order valence-electron chi connectivity index (χ0n) is 12.9. The summed E-state index contributed by atoms with van der Waals surface area (Å²) in [6.45, 7) is 2.60. The fourth-order valence-electron chi connectivity index (χ4n) is 3.19. The minimum absolute atomic E-state index is 0.415. The van der Waals surface area contributed by atoms with Crippen molar-refractivity contribution >= 4 is 5.97 Å². The summed E-state index contributed by atoms with van der Waals surface area (Å²) in [6.07, 6.45) is 10.1. The van der Waals surface area contributed by atoms with Crippen LogP contribution in [0.1, 0.15) is 70.5 Å². The Hall–Kier alpha value is -1.46. The van der Waals surface area contributed by atoms with Gasteiger partial charge in [0.1, 0.15) is 0 Å². The monoisotopic (exact) mass is 294 g/mol. The number of rotatable bonds is 8. The molecule has 21 heavy (non-hydrogen) atoms. The molecule has 2 rings (SSSR count). The maximum Gasteiger partial charge on any atom is 0.311 e. The van der Waals surface area contributed by atoms with Gasteiger partial charge in [-0.05, 0) is 29.7 Å². The van der Waals surface area contributed by atoms with Crippen molar-refractivity contribution in [2.24, 2.45) is 5.41 Å². The van der Waals surface area contributed by atoms with Crippen LogP contribution in [0.25, 0.3) is 0 Å². The van der Waals surface area contributed by atoms with E-state index in [9.17, 15) is 9.90 Å². The predicted molar refractivity (Wildman–Crippen MR) is 78.8 cm³/mol. The van der Waals surface area contributed by atoms with Gasteiger partial charge in [0.05, 0.1) is 12.0 Å². The third-order valence-corrected chi connectivity index (χ3v) is 4.58. The summed E-state index contributed by atoms with van der Waals surface area (Å²) >= 11 is 0. The van der Waals surface area contributed by atoms with Crippen LogP contribution in [0.2, 0.25) is 0 Å². The van der Waals surface area contributed by atoms with Crippen LogP contribution in [-0.4, -0.2) is 31.3 Å². The van der Waals surface area contributed by atoms with Crippen molar-refractivity contribution in [3.63, 3.8) is 0 Å². The largest absolute Gasteiger partial charge is 0.481 e. The van der Waals surface area contributed by atoms with E-state index in [1.165, 1.54) is 19.3 Å². The van der Waals surface area contributed by atoms with Crippen molar-refractivity contribution in [3.8, 4) is 0 Å². The SMILES string of the molecule is CCCCCCc1nnnn1CC1(C(=O)O)CCCCC1. The highest BCUT2D eigenvalue weighted by atomic mass is 16.4. The molecule has 1 saturated carbocycles. The van der Waals surface area contributed by atoms with E-state index in [1.807, 2.05) is 0 Å². The fraction of sp³-hybridized carbons (Fsp3) is 0.867. The molecular formula is C15H26N4O2. The van der Waals surface area contributed by atoms with Gasteiger partial charge in [-0.2, -0.15) is 0 Å². The number of aryl methyl sites for hydroxylation is 1. The highest BCUT2D eigenvalue weighted by Crippen LogP contribution is 2.38. The summed E-state index contributed by atoms with van der Waals surface area (Å²) in [5.41, 5.74) is -0.675. The van der Waals surface area contributed by atoms with Crippen molar-refractivity contribution in [2.75, 3.05) is 0 Å². The molecule has 0 aromatic carbocycles. The van der Waals surface area contributed by atoms with Crippen molar-refractivity contribution in [3.05, 3.63) is 5.82 Å². The minimum atomic E-state index is -0.699. The van der Waals surface area contributed by atoms with Gasteiger partial charge in [-0.25, -0.2) is 4.68 Å². The molecule has 0 radical (unpaired) electrons. The van der Waals surface area contributed by atoms with Crippen LogP contribution in [0.15, 0.2) is 0 Å². The Morgan fingerprint density at radius 1 is 1.24 bits per heavy atom. The second-order valence-electron chi connectivity index (χ2n) is 6.21. The number of nitrogens with zero attached hydrogens (tertiary/aromatic N) is 4. The van der Waals surface area contributed by atoms with Gasteiger partial charge >= 0.3 is 5.97 Å². The van der Waals surface area contributed by atoms with E-state index in [0.29, 0.717) is 6.54 Å². The van der Waals surface area contributed by atoms with Gasteiger partial charge in [0.25, 0.3) is 0 Å². The molecule has 0 spiro atoms. The topological polar surface area (TPSA) is 80.9 Å². The lowest BCUT2D eigenvalue weighted by Gasteiger charge is -2.32. The number of unbranched alkanes of at least 4 members (excludes halogenated alkanes) is 3. The summed E-state index contributed by atoms with van der Waals surface area (Å²) in [5.74, 6) is 0.131. The molecular weight excluding hydrogens is 268 g/mol. The maximum absolute atomic E-state index is 11.7. The summed E-state index contributed by atoms with van der Waals surface area (Å²) in [7, 11) is 0. The average Bonchev–Trinajstić information content (AvgIpc) is 2.91. The quantitative estimate of drug-likeness (QED) is 0.746. The number of carboxylic acids is 1. The van der Waals surface area contributed by atoms with E-state index in [-0.39, 0.29) is 0 Å². The van der Waals surface area contributed by atoms with Crippen LogP contribution in [0.3, 0.4) is 0 Å². The summed E-state index contributed by atoms with van der Waals surface area (Å²) < 4.78 is 1.73. The highest BCUT2D eigenvalue weighted by molar-refractivity contribution is 5.74. The van der Waals surface area contributed by atoms with Crippen LogP contribution in [0.5, 0.6) is 0 Å². The van der Waals surface area contributed by atoms with E-state index in [1.54, 1.807) is 4.68 Å². The molecule has 1 aromatic rings. The van der Waals surface area contributed by atoms with Gasteiger partial charge < -0.3 is 5.11 Å². The van der Waals surface area contributed by atoms with Crippen LogP contribution in [0, 0.1) is 5.41 Å². The third-order valence-electron chi connectivity index (χ3n) is 4.58. The first-order chi connectivity index (χ1) is 10.2. The van der Waals surface area contributed by atoms with Crippen molar-refractivity contribution in [2.45, 2.75) is 77.7 Å². The van der Waals surface area contributed by atoms with E-state index >= 15 is 0 Å². The number of hydrogen-bond acceptors (Lipinski definition) is 4. The number of carboxylic acid groups (broad SMARTS) is 1. The average molecular weight is 294 g/mol. The number of carbonyl (C=O) groups is 1. The number of hydrogen-bond donors (Lipinski definition) is 1. The number of aliphatic carboxylic acids is 1. The smallest absolute Gasteiger partial charge is 0.311 e. The third kappa shape index (κ3) is 4.02. The van der Waals surface area contributed by atoms with E-state index in [4.69, 9.17) is 0 Å². The first-order valence-electron chi connectivity index (χ1n) is 8.16. The van der Waals surface area contributed by atoms with Gasteiger partial charge in [-0.1, -0.05) is 45.4 Å². The molecule has 1 heterocycles.